The summed E-state index contributed by atoms with van der Waals surface area (Å²) in [5, 5.41) is 2.47. The lowest BCUT2D eigenvalue weighted by Gasteiger charge is -2.26. The second-order valence-corrected chi connectivity index (χ2v) is 4.20. The molecule has 0 aliphatic carbocycles. The SMILES string of the molecule is NCC(=O)NCC(=O)N1CCSCC1. The van der Waals surface area contributed by atoms with Gasteiger partial charge in [0, 0.05) is 24.6 Å². The first-order chi connectivity index (χ1) is 6.74. The molecule has 0 atom stereocenters. The zero-order chi connectivity index (χ0) is 10.4. The van der Waals surface area contributed by atoms with Gasteiger partial charge < -0.3 is 16.0 Å². The third-order valence-corrected chi connectivity index (χ3v) is 2.93. The quantitative estimate of drug-likeness (QED) is 0.612. The summed E-state index contributed by atoms with van der Waals surface area (Å²) >= 11 is 1.84. The lowest BCUT2D eigenvalue weighted by atomic mass is 10.4. The van der Waals surface area contributed by atoms with E-state index in [1.165, 1.54) is 0 Å². The minimum absolute atomic E-state index is 0.0212. The summed E-state index contributed by atoms with van der Waals surface area (Å²) in [6.07, 6.45) is 0. The van der Waals surface area contributed by atoms with Crippen LogP contribution in [0.5, 0.6) is 0 Å². The molecule has 80 valence electrons. The average molecular weight is 217 g/mol. The number of nitrogens with zero attached hydrogens (tertiary/aromatic N) is 1. The maximum atomic E-state index is 11.5. The van der Waals surface area contributed by atoms with Crippen molar-refractivity contribution >= 4 is 23.6 Å². The van der Waals surface area contributed by atoms with E-state index in [1.807, 2.05) is 11.8 Å². The summed E-state index contributed by atoms with van der Waals surface area (Å²) in [5.41, 5.74) is 5.10. The number of thioether (sulfide) groups is 1. The van der Waals surface area contributed by atoms with E-state index in [0.29, 0.717) is 0 Å². The number of rotatable bonds is 3. The van der Waals surface area contributed by atoms with Gasteiger partial charge in [0.15, 0.2) is 0 Å². The Labute approximate surface area is 87.4 Å². The summed E-state index contributed by atoms with van der Waals surface area (Å²) in [5.74, 6) is 1.66. The molecule has 2 amide bonds. The number of nitrogens with one attached hydrogen (secondary N) is 1. The van der Waals surface area contributed by atoms with E-state index < -0.39 is 0 Å². The zero-order valence-corrected chi connectivity index (χ0v) is 8.81. The Morgan fingerprint density at radius 3 is 2.57 bits per heavy atom. The smallest absolute Gasteiger partial charge is 0.242 e. The van der Waals surface area contributed by atoms with E-state index in [-0.39, 0.29) is 24.9 Å². The third kappa shape index (κ3) is 3.55. The Hall–Kier alpha value is -0.750. The normalized spacial score (nSPS) is 16.5. The molecule has 1 aliphatic rings. The first-order valence-corrected chi connectivity index (χ1v) is 5.72. The van der Waals surface area contributed by atoms with E-state index in [2.05, 4.69) is 5.32 Å². The van der Waals surface area contributed by atoms with Crippen LogP contribution in [-0.2, 0) is 9.59 Å². The maximum absolute atomic E-state index is 11.5. The highest BCUT2D eigenvalue weighted by Gasteiger charge is 2.16. The number of carbonyl (C=O) groups is 2. The number of hydrogen-bond acceptors (Lipinski definition) is 4. The summed E-state index contributed by atoms with van der Waals surface area (Å²) in [6.45, 7) is 1.56. The van der Waals surface area contributed by atoms with Crippen LogP contribution >= 0.6 is 11.8 Å². The van der Waals surface area contributed by atoms with Crippen molar-refractivity contribution in [3.8, 4) is 0 Å². The van der Waals surface area contributed by atoms with Gasteiger partial charge in [0.1, 0.15) is 0 Å². The number of carbonyl (C=O) groups excluding carboxylic acids is 2. The summed E-state index contributed by atoms with van der Waals surface area (Å²) in [7, 11) is 0. The molecule has 1 saturated heterocycles. The molecule has 0 aromatic carbocycles. The molecule has 1 rings (SSSR count). The number of amides is 2. The van der Waals surface area contributed by atoms with E-state index in [4.69, 9.17) is 5.73 Å². The predicted molar refractivity (Wildman–Crippen MR) is 56.0 cm³/mol. The van der Waals surface area contributed by atoms with Crippen LogP contribution in [0.15, 0.2) is 0 Å². The van der Waals surface area contributed by atoms with Crippen molar-refractivity contribution in [2.24, 2.45) is 5.73 Å². The monoisotopic (exact) mass is 217 g/mol. The van der Waals surface area contributed by atoms with Gasteiger partial charge in [-0.05, 0) is 0 Å². The fourth-order valence-corrected chi connectivity index (χ4v) is 2.07. The topological polar surface area (TPSA) is 75.4 Å². The van der Waals surface area contributed by atoms with Crippen LogP contribution in [0.25, 0.3) is 0 Å². The minimum atomic E-state index is -0.287. The highest BCUT2D eigenvalue weighted by molar-refractivity contribution is 7.99. The van der Waals surface area contributed by atoms with Crippen molar-refractivity contribution in [1.82, 2.24) is 10.2 Å². The van der Waals surface area contributed by atoms with E-state index >= 15 is 0 Å². The average Bonchev–Trinajstić information content (AvgIpc) is 2.26. The van der Waals surface area contributed by atoms with Gasteiger partial charge in [0.2, 0.25) is 11.8 Å². The molecule has 0 radical (unpaired) electrons. The molecule has 0 saturated carbocycles. The van der Waals surface area contributed by atoms with Gasteiger partial charge in [-0.25, -0.2) is 0 Å². The lowest BCUT2D eigenvalue weighted by Crippen LogP contribution is -2.45. The third-order valence-electron chi connectivity index (χ3n) is 1.99. The van der Waals surface area contributed by atoms with Gasteiger partial charge in [-0.15, -0.1) is 0 Å². The Morgan fingerprint density at radius 2 is 2.00 bits per heavy atom. The van der Waals surface area contributed by atoms with Crippen molar-refractivity contribution in [1.29, 1.82) is 0 Å². The molecule has 0 unspecified atom stereocenters. The summed E-state index contributed by atoms with van der Waals surface area (Å²) in [6, 6.07) is 0. The summed E-state index contributed by atoms with van der Waals surface area (Å²) < 4.78 is 0. The fraction of sp³-hybridized carbons (Fsp3) is 0.750. The molecule has 0 spiro atoms. The summed E-state index contributed by atoms with van der Waals surface area (Å²) in [4.78, 5) is 24.0. The fourth-order valence-electron chi connectivity index (χ4n) is 1.17. The molecule has 14 heavy (non-hydrogen) atoms. The second kappa shape index (κ2) is 5.87. The van der Waals surface area contributed by atoms with Gasteiger partial charge >= 0.3 is 0 Å². The number of nitrogens with two attached hydrogens (primary N) is 1. The largest absolute Gasteiger partial charge is 0.346 e. The maximum Gasteiger partial charge on any atom is 0.242 e. The van der Waals surface area contributed by atoms with Crippen LogP contribution in [0.4, 0.5) is 0 Å². The van der Waals surface area contributed by atoms with Crippen LogP contribution in [0, 0.1) is 0 Å². The van der Waals surface area contributed by atoms with Crippen LogP contribution in [-0.4, -0.2) is 54.4 Å². The molecule has 6 heteroatoms. The minimum Gasteiger partial charge on any atom is -0.346 e. The van der Waals surface area contributed by atoms with Gasteiger partial charge in [-0.3, -0.25) is 9.59 Å². The van der Waals surface area contributed by atoms with Crippen LogP contribution in [0.3, 0.4) is 0 Å². The zero-order valence-electron chi connectivity index (χ0n) is 7.99. The van der Waals surface area contributed by atoms with Crippen LogP contribution < -0.4 is 11.1 Å². The van der Waals surface area contributed by atoms with Crippen molar-refractivity contribution in [2.45, 2.75) is 0 Å². The van der Waals surface area contributed by atoms with E-state index in [1.54, 1.807) is 4.90 Å². The predicted octanol–water partition coefficient (Wildman–Crippen LogP) is -1.36. The first-order valence-electron chi connectivity index (χ1n) is 4.56. The van der Waals surface area contributed by atoms with Gasteiger partial charge in [-0.2, -0.15) is 11.8 Å². The van der Waals surface area contributed by atoms with Gasteiger partial charge in [0.05, 0.1) is 13.1 Å². The van der Waals surface area contributed by atoms with Crippen molar-refractivity contribution in [2.75, 3.05) is 37.7 Å². The molecule has 1 fully saturated rings. The Morgan fingerprint density at radius 1 is 1.36 bits per heavy atom. The van der Waals surface area contributed by atoms with Gasteiger partial charge in [0.25, 0.3) is 0 Å². The molecular weight excluding hydrogens is 202 g/mol. The van der Waals surface area contributed by atoms with Crippen LogP contribution in [0.1, 0.15) is 0 Å². The molecule has 3 N–H and O–H groups in total. The first kappa shape index (κ1) is 11.3. The highest BCUT2D eigenvalue weighted by atomic mass is 32.2. The molecule has 5 nitrogen and oxygen atoms in total. The Bertz CT molecular complexity index is 217. The molecule has 0 aromatic heterocycles. The highest BCUT2D eigenvalue weighted by Crippen LogP contribution is 2.08. The number of hydrogen-bond donors (Lipinski definition) is 2. The van der Waals surface area contributed by atoms with Crippen molar-refractivity contribution in [3.63, 3.8) is 0 Å². The van der Waals surface area contributed by atoms with Crippen LogP contribution in [0.2, 0.25) is 0 Å². The molecule has 0 aromatic rings. The van der Waals surface area contributed by atoms with Crippen molar-refractivity contribution < 1.29 is 9.59 Å². The van der Waals surface area contributed by atoms with Gasteiger partial charge in [-0.1, -0.05) is 0 Å². The molecule has 1 aliphatic heterocycles. The van der Waals surface area contributed by atoms with Crippen molar-refractivity contribution in [3.05, 3.63) is 0 Å². The Kier molecular flexibility index (Phi) is 4.75. The standard InChI is InChI=1S/C8H15N3O2S/c9-5-7(12)10-6-8(13)11-1-3-14-4-2-11/h1-6,9H2,(H,10,12). The second-order valence-electron chi connectivity index (χ2n) is 2.97. The molecular formula is C8H15N3O2S. The molecule has 0 bridgehead atoms. The van der Waals surface area contributed by atoms with E-state index in [0.717, 1.165) is 24.6 Å². The lowest BCUT2D eigenvalue weighted by molar-refractivity contribution is -0.132. The molecule has 1 heterocycles. The van der Waals surface area contributed by atoms with E-state index in [9.17, 15) is 9.59 Å². The Balaban J connectivity index is 2.23.